The van der Waals surface area contributed by atoms with E-state index in [0.29, 0.717) is 24.2 Å². The number of aliphatic carboxylic acids is 1. The van der Waals surface area contributed by atoms with Crippen molar-refractivity contribution >= 4 is 36.0 Å². The second-order valence-corrected chi connectivity index (χ2v) is 14.6. The van der Waals surface area contributed by atoms with Gasteiger partial charge in [0.2, 0.25) is 11.8 Å². The number of hydrogen-bond donors (Lipinski definition) is 3. The molecule has 6 rings (SSSR count). The van der Waals surface area contributed by atoms with Gasteiger partial charge >= 0.3 is 12.1 Å². The van der Waals surface area contributed by atoms with Crippen LogP contribution in [0.5, 0.6) is 0 Å². The zero-order valence-corrected chi connectivity index (χ0v) is 29.3. The number of aromatic nitrogens is 3. The molecule has 1 saturated heterocycles. The summed E-state index contributed by atoms with van der Waals surface area (Å²) in [5.74, 6) is -2.45. The number of carbonyl (C=O) groups is 4. The third kappa shape index (κ3) is 8.38. The molecule has 12 heteroatoms. The molecule has 1 aliphatic carbocycles. The number of rotatable bonds is 6. The minimum absolute atomic E-state index is 0.0809. The zero-order valence-electron chi connectivity index (χ0n) is 29.3. The molecule has 51 heavy (non-hydrogen) atoms. The first-order valence-electron chi connectivity index (χ1n) is 17.7. The molecule has 3 aliphatic rings. The van der Waals surface area contributed by atoms with Crippen molar-refractivity contribution in [1.82, 2.24) is 30.5 Å². The monoisotopic (exact) mass is 694 g/mol. The molecular weight excluding hydrogens is 648 g/mol. The van der Waals surface area contributed by atoms with E-state index in [9.17, 15) is 24.3 Å². The van der Waals surface area contributed by atoms with Crippen LogP contribution in [0.2, 0.25) is 0 Å². The Balaban J connectivity index is 1.35. The predicted molar refractivity (Wildman–Crippen MR) is 192 cm³/mol. The molecule has 5 atom stereocenters. The fraction of sp³-hybridized carbons (Fsp3) is 0.436. The third-order valence-electron chi connectivity index (χ3n) is 9.59. The van der Waals surface area contributed by atoms with Crippen molar-refractivity contribution in [1.29, 1.82) is 0 Å². The quantitative estimate of drug-likeness (QED) is 0.281. The van der Waals surface area contributed by atoms with Gasteiger partial charge in [-0.1, -0.05) is 91.7 Å². The Hall–Kier alpha value is -5.26. The molecule has 3 amide bonds. The number of nitrogens with zero attached hydrogens (tertiary/aromatic N) is 4. The second kappa shape index (κ2) is 14.9. The fourth-order valence-electron chi connectivity index (χ4n) is 6.85. The summed E-state index contributed by atoms with van der Waals surface area (Å²) in [4.78, 5) is 57.0. The number of carbonyl (C=O) groups excluding carboxylic acids is 3. The van der Waals surface area contributed by atoms with Crippen LogP contribution in [0.3, 0.4) is 0 Å². The van der Waals surface area contributed by atoms with Crippen LogP contribution in [0.15, 0.2) is 72.8 Å². The van der Waals surface area contributed by atoms with Crippen LogP contribution < -0.4 is 10.6 Å². The number of nitrogens with one attached hydrogen (secondary N) is 2. The molecule has 1 saturated carbocycles. The van der Waals surface area contributed by atoms with Crippen molar-refractivity contribution in [2.75, 3.05) is 6.54 Å². The maximum atomic E-state index is 14.4. The maximum absolute atomic E-state index is 14.4. The minimum atomic E-state index is -1.44. The molecular formula is C39H46N6O6. The van der Waals surface area contributed by atoms with E-state index >= 15 is 0 Å². The Morgan fingerprint density at radius 2 is 1.73 bits per heavy atom. The Kier molecular flexibility index (Phi) is 10.4. The van der Waals surface area contributed by atoms with Gasteiger partial charge in [-0.15, -0.1) is 0 Å². The van der Waals surface area contributed by atoms with E-state index in [0.717, 1.165) is 30.4 Å². The van der Waals surface area contributed by atoms with Gasteiger partial charge in [-0.25, -0.2) is 9.59 Å². The topological polar surface area (TPSA) is 156 Å². The third-order valence-corrected chi connectivity index (χ3v) is 9.59. The summed E-state index contributed by atoms with van der Waals surface area (Å²) in [6, 6.07) is 17.0. The first kappa shape index (κ1) is 35.6. The van der Waals surface area contributed by atoms with Crippen LogP contribution in [-0.4, -0.2) is 78.6 Å². The number of benzene rings is 2. The molecule has 12 nitrogen and oxygen atoms in total. The highest BCUT2D eigenvalue weighted by Crippen LogP contribution is 2.45. The molecule has 0 radical (unpaired) electrons. The van der Waals surface area contributed by atoms with Gasteiger partial charge in [0.05, 0.1) is 6.04 Å². The van der Waals surface area contributed by atoms with Crippen LogP contribution in [0, 0.1) is 5.92 Å². The van der Waals surface area contributed by atoms with Crippen molar-refractivity contribution in [2.24, 2.45) is 5.92 Å². The predicted octanol–water partition coefficient (Wildman–Crippen LogP) is 5.63. The van der Waals surface area contributed by atoms with E-state index in [1.165, 1.54) is 4.90 Å². The van der Waals surface area contributed by atoms with E-state index < -0.39 is 53.1 Å². The lowest BCUT2D eigenvalue weighted by atomic mass is 10.0. The van der Waals surface area contributed by atoms with Crippen molar-refractivity contribution in [3.05, 3.63) is 84.1 Å². The summed E-state index contributed by atoms with van der Waals surface area (Å²) in [7, 11) is 0. The summed E-state index contributed by atoms with van der Waals surface area (Å²) in [5.41, 5.74) is 0.896. The molecule has 1 aromatic heterocycles. The number of ether oxygens (including phenoxy) is 1. The van der Waals surface area contributed by atoms with Gasteiger partial charge in [-0.3, -0.25) is 9.59 Å². The van der Waals surface area contributed by atoms with E-state index in [4.69, 9.17) is 14.9 Å². The first-order chi connectivity index (χ1) is 24.4. The smallest absolute Gasteiger partial charge is 0.408 e. The van der Waals surface area contributed by atoms with Gasteiger partial charge in [0.25, 0.3) is 0 Å². The Bertz CT molecular complexity index is 1800. The molecule has 0 bridgehead atoms. The summed E-state index contributed by atoms with van der Waals surface area (Å²) in [5, 5.41) is 25.6. The van der Waals surface area contributed by atoms with E-state index in [1.54, 1.807) is 25.6 Å². The van der Waals surface area contributed by atoms with Crippen LogP contribution >= 0.6 is 0 Å². The lowest BCUT2D eigenvalue weighted by molar-refractivity contribution is -0.145. The maximum Gasteiger partial charge on any atom is 0.408 e. The number of amides is 3. The summed E-state index contributed by atoms with van der Waals surface area (Å²) >= 11 is 0. The molecule has 268 valence electrons. The highest BCUT2D eigenvalue weighted by Gasteiger charge is 2.61. The Morgan fingerprint density at radius 3 is 2.43 bits per heavy atom. The molecule has 2 aromatic carbocycles. The molecule has 3 aromatic rings. The molecule has 4 unspecified atom stereocenters. The molecule has 3 N–H and O–H groups in total. The lowest BCUT2D eigenvalue weighted by Gasteiger charge is -2.30. The van der Waals surface area contributed by atoms with Crippen molar-refractivity contribution in [2.45, 2.75) is 95.0 Å². The minimum Gasteiger partial charge on any atom is -0.479 e. The number of fused-ring (bicyclic) bond motifs is 2. The van der Waals surface area contributed by atoms with Crippen LogP contribution in [-0.2, 0) is 19.1 Å². The van der Waals surface area contributed by atoms with Crippen molar-refractivity contribution in [3.8, 4) is 11.3 Å². The van der Waals surface area contributed by atoms with Gasteiger partial charge in [0, 0.05) is 24.4 Å². The number of allylic oxidation sites excluding steroid dienone is 1. The summed E-state index contributed by atoms with van der Waals surface area (Å²) in [6.45, 7) is 5.32. The molecule has 3 heterocycles. The van der Waals surface area contributed by atoms with Gasteiger partial charge in [-0.2, -0.15) is 15.0 Å². The summed E-state index contributed by atoms with van der Waals surface area (Å²) in [6.07, 6.45) is 10.8. The van der Waals surface area contributed by atoms with Gasteiger partial charge in [0.1, 0.15) is 34.6 Å². The Morgan fingerprint density at radius 1 is 1.00 bits per heavy atom. The number of alkyl carbamates (subject to hydrolysis) is 1. The van der Waals surface area contributed by atoms with Crippen LogP contribution in [0.1, 0.15) is 83.0 Å². The molecule has 0 spiro atoms. The van der Waals surface area contributed by atoms with Crippen LogP contribution in [0.4, 0.5) is 4.79 Å². The Labute approximate surface area is 297 Å². The van der Waals surface area contributed by atoms with Crippen molar-refractivity contribution < 1.29 is 29.0 Å². The van der Waals surface area contributed by atoms with E-state index in [2.05, 4.69) is 10.6 Å². The zero-order chi connectivity index (χ0) is 36.2. The van der Waals surface area contributed by atoms with Gasteiger partial charge in [0.15, 0.2) is 0 Å². The first-order valence-corrected chi connectivity index (χ1v) is 17.7. The standard InChI is InChI=1S/C39H46N6O6/c1-38(2,3)51-37(50)40-31-20-14-6-4-5-13-19-28-24-39(28,36(48)49)41-34(46)32-23-29(25-44(32)35(31)47)45-42-30(22-21-26-15-9-7-10-16-26)33(43-45)27-17-11-8-12-18-27/h7-13,15-19,21-22,28-29,31-32H,4-6,14,20,23-25H2,1-3H3,(H,40,50)(H,41,46)(H,48,49)/b19-13-,22-21+/t28?,29-,31?,32?,39?/m1/s1. The van der Waals surface area contributed by atoms with Crippen molar-refractivity contribution in [3.63, 3.8) is 0 Å². The van der Waals surface area contributed by atoms with E-state index in [1.807, 2.05) is 85.0 Å². The molecule has 2 fully saturated rings. The SMILES string of the molecule is CC(C)(C)OC(=O)NC1CCCCC/C=C\C2CC2(C(=O)O)NC(=O)C2C[C@@H](n3nc(/C=C/c4ccccc4)c(-c4ccccc4)n3)CN2C1=O. The van der Waals surface area contributed by atoms with Crippen LogP contribution in [0.25, 0.3) is 23.4 Å². The van der Waals surface area contributed by atoms with Gasteiger partial charge < -0.3 is 25.4 Å². The fourth-order valence-corrected chi connectivity index (χ4v) is 6.85. The highest BCUT2D eigenvalue weighted by molar-refractivity contribution is 5.96. The highest BCUT2D eigenvalue weighted by atomic mass is 16.6. The summed E-state index contributed by atoms with van der Waals surface area (Å²) < 4.78 is 5.50. The van der Waals surface area contributed by atoms with E-state index in [-0.39, 0.29) is 25.3 Å². The average molecular weight is 695 g/mol. The average Bonchev–Trinajstić information content (AvgIpc) is 3.40. The number of hydrogen-bond acceptors (Lipinski definition) is 7. The number of carboxylic acids is 1. The second-order valence-electron chi connectivity index (χ2n) is 14.6. The van der Waals surface area contributed by atoms with Gasteiger partial charge in [-0.05, 0) is 58.1 Å². The number of carboxylic acid groups (broad SMARTS) is 1. The normalized spacial score (nSPS) is 26.3. The molecule has 2 aliphatic heterocycles. The largest absolute Gasteiger partial charge is 0.479 e. The lowest BCUT2D eigenvalue weighted by Crippen LogP contribution is -2.56.